The summed E-state index contributed by atoms with van der Waals surface area (Å²) in [5.74, 6) is -0.145. The van der Waals surface area contributed by atoms with Crippen LogP contribution in [0.5, 0.6) is 5.75 Å². The van der Waals surface area contributed by atoms with Crippen molar-refractivity contribution >= 4 is 41.6 Å². The number of benzene rings is 1. The van der Waals surface area contributed by atoms with Crippen LogP contribution in [0.2, 0.25) is 0 Å². The number of rotatable bonds is 3. The maximum atomic E-state index is 11.8. The average molecular weight is 383 g/mol. The lowest BCUT2D eigenvalue weighted by Crippen LogP contribution is -2.36. The molecule has 0 aliphatic carbocycles. The number of nitrogens with one attached hydrogen (secondary N) is 1. The van der Waals surface area contributed by atoms with Gasteiger partial charge in [-0.1, -0.05) is 15.9 Å². The van der Waals surface area contributed by atoms with Crippen LogP contribution in [0.15, 0.2) is 27.6 Å². The monoisotopic (exact) mass is 381 g/mol. The molecule has 1 amide bonds. The third-order valence-corrected chi connectivity index (χ3v) is 4.76. The van der Waals surface area contributed by atoms with Crippen LogP contribution in [-0.4, -0.2) is 27.0 Å². The molecule has 0 aromatic heterocycles. The van der Waals surface area contributed by atoms with Crippen molar-refractivity contribution in [3.05, 3.63) is 22.7 Å². The van der Waals surface area contributed by atoms with Gasteiger partial charge in [-0.3, -0.25) is 4.79 Å². The summed E-state index contributed by atoms with van der Waals surface area (Å²) in [6.45, 7) is 0.611. The molecule has 1 saturated heterocycles. The minimum Gasteiger partial charge on any atom is -0.479 e. The first-order chi connectivity index (χ1) is 9.38. The smallest absolute Gasteiger partial charge is 0.265 e. The average Bonchev–Trinajstić information content (AvgIpc) is 2.56. The van der Waals surface area contributed by atoms with E-state index in [2.05, 4.69) is 21.2 Å². The fourth-order valence-electron chi connectivity index (χ4n) is 1.95. The highest BCUT2D eigenvalue weighted by Crippen LogP contribution is 2.31. The lowest BCUT2D eigenvalue weighted by molar-refractivity contribution is -0.127. The number of ether oxygens (including phenoxy) is 1. The van der Waals surface area contributed by atoms with Gasteiger partial charge in [-0.25, -0.2) is 8.42 Å². The van der Waals surface area contributed by atoms with Crippen molar-refractivity contribution in [3.63, 3.8) is 0 Å². The Kier molecular flexibility index (Phi) is 4.93. The maximum absolute atomic E-state index is 11.8. The fraction of sp³-hybridized carbons (Fsp3) is 0.417. The lowest BCUT2D eigenvalue weighted by Gasteiger charge is -2.17. The van der Waals surface area contributed by atoms with Gasteiger partial charge in [0.15, 0.2) is 6.10 Å². The zero-order valence-corrected chi connectivity index (χ0v) is 13.6. The summed E-state index contributed by atoms with van der Waals surface area (Å²) in [7, 11) is 1.45. The van der Waals surface area contributed by atoms with Crippen molar-refractivity contribution in [2.24, 2.45) is 0 Å². The van der Waals surface area contributed by atoms with Crippen LogP contribution in [0.3, 0.4) is 0 Å². The summed E-state index contributed by atoms with van der Waals surface area (Å²) in [5, 5.41) is 2.73. The molecule has 0 bridgehead atoms. The Balaban J connectivity index is 2.31. The molecule has 0 saturated carbocycles. The van der Waals surface area contributed by atoms with Crippen molar-refractivity contribution < 1.29 is 17.9 Å². The van der Waals surface area contributed by atoms with Crippen molar-refractivity contribution in [2.75, 3.05) is 6.54 Å². The molecule has 5 nitrogen and oxygen atoms in total. The van der Waals surface area contributed by atoms with E-state index in [-0.39, 0.29) is 16.6 Å². The molecule has 8 heteroatoms. The molecule has 1 aromatic carbocycles. The highest BCUT2D eigenvalue weighted by atomic mass is 79.9. The zero-order valence-electron chi connectivity index (χ0n) is 10.4. The minimum absolute atomic E-state index is 0.0882. The van der Waals surface area contributed by atoms with E-state index in [9.17, 15) is 13.2 Å². The molecule has 0 spiro atoms. The first kappa shape index (κ1) is 15.6. The Hall–Kier alpha value is -0.790. The third kappa shape index (κ3) is 3.86. The Morgan fingerprint density at radius 1 is 1.35 bits per heavy atom. The second-order valence-corrected chi connectivity index (χ2v) is 7.87. The van der Waals surface area contributed by atoms with Gasteiger partial charge in [0.05, 0.1) is 0 Å². The van der Waals surface area contributed by atoms with Gasteiger partial charge in [-0.15, -0.1) is 0 Å². The number of carbonyl (C=O) groups is 1. The minimum atomic E-state index is -3.95. The summed E-state index contributed by atoms with van der Waals surface area (Å²) >= 11 is 3.18. The van der Waals surface area contributed by atoms with Gasteiger partial charge >= 0.3 is 0 Å². The van der Waals surface area contributed by atoms with Crippen LogP contribution >= 0.6 is 26.6 Å². The van der Waals surface area contributed by atoms with Crippen LogP contribution in [0.1, 0.15) is 19.3 Å². The van der Waals surface area contributed by atoms with Crippen molar-refractivity contribution in [3.8, 4) is 5.75 Å². The van der Waals surface area contributed by atoms with Gasteiger partial charge in [-0.05, 0) is 37.5 Å². The van der Waals surface area contributed by atoms with Crippen molar-refractivity contribution in [1.29, 1.82) is 0 Å². The molecule has 20 heavy (non-hydrogen) atoms. The normalized spacial score (nSPS) is 20.1. The Morgan fingerprint density at radius 3 is 2.80 bits per heavy atom. The van der Waals surface area contributed by atoms with Crippen LogP contribution in [0.25, 0.3) is 0 Å². The SMILES string of the molecule is O=C1NCCCCC1Oc1ccc(Br)cc1S(=O)(=O)Cl. The number of hydrogen-bond acceptors (Lipinski definition) is 4. The van der Waals surface area contributed by atoms with E-state index in [0.29, 0.717) is 17.4 Å². The standard InChI is InChI=1S/C12H13BrClNO4S/c13-8-4-5-9(11(7-8)20(14,17)18)19-10-3-1-2-6-15-12(10)16/h4-5,7,10H,1-3,6H2,(H,15,16). The lowest BCUT2D eigenvalue weighted by atomic mass is 10.2. The van der Waals surface area contributed by atoms with E-state index < -0.39 is 15.2 Å². The molecule has 0 radical (unpaired) electrons. The Labute approximate surface area is 130 Å². The predicted molar refractivity (Wildman–Crippen MR) is 78.5 cm³/mol. The summed E-state index contributed by atoms with van der Waals surface area (Å²) in [6, 6.07) is 4.47. The number of hydrogen-bond donors (Lipinski definition) is 1. The van der Waals surface area contributed by atoms with Crippen LogP contribution in [0, 0.1) is 0 Å². The number of amides is 1. The van der Waals surface area contributed by atoms with E-state index in [1.54, 1.807) is 6.07 Å². The van der Waals surface area contributed by atoms with Gasteiger partial charge in [0.2, 0.25) is 0 Å². The third-order valence-electron chi connectivity index (χ3n) is 2.92. The van der Waals surface area contributed by atoms with E-state index in [4.69, 9.17) is 15.4 Å². The molecule has 1 unspecified atom stereocenters. The highest BCUT2D eigenvalue weighted by molar-refractivity contribution is 9.10. The Bertz CT molecular complexity index is 620. The Morgan fingerprint density at radius 2 is 2.10 bits per heavy atom. The van der Waals surface area contributed by atoms with Crippen molar-refractivity contribution in [1.82, 2.24) is 5.32 Å². The van der Waals surface area contributed by atoms with Gasteiger partial charge in [0.25, 0.3) is 15.0 Å². The number of carbonyl (C=O) groups excluding carboxylic acids is 1. The van der Waals surface area contributed by atoms with Crippen molar-refractivity contribution in [2.45, 2.75) is 30.3 Å². The second kappa shape index (κ2) is 6.32. The topological polar surface area (TPSA) is 72.5 Å². The largest absolute Gasteiger partial charge is 0.479 e. The van der Waals surface area contributed by atoms with Gasteiger partial charge in [0, 0.05) is 21.7 Å². The molecular weight excluding hydrogens is 370 g/mol. The van der Waals surface area contributed by atoms with E-state index >= 15 is 0 Å². The van der Waals surface area contributed by atoms with E-state index in [1.165, 1.54) is 12.1 Å². The summed E-state index contributed by atoms with van der Waals surface area (Å²) in [6.07, 6.45) is 1.56. The summed E-state index contributed by atoms with van der Waals surface area (Å²) in [4.78, 5) is 11.7. The van der Waals surface area contributed by atoms with E-state index in [0.717, 1.165) is 12.8 Å². The molecule has 1 atom stereocenters. The second-order valence-electron chi connectivity index (χ2n) is 4.42. The molecule has 110 valence electrons. The molecule has 1 heterocycles. The fourth-order valence-corrected chi connectivity index (χ4v) is 3.45. The first-order valence-corrected chi connectivity index (χ1v) is 9.17. The van der Waals surface area contributed by atoms with Gasteiger partial charge in [0.1, 0.15) is 10.6 Å². The van der Waals surface area contributed by atoms with Crippen LogP contribution in [-0.2, 0) is 13.8 Å². The highest BCUT2D eigenvalue weighted by Gasteiger charge is 2.25. The molecule has 1 fully saturated rings. The first-order valence-electron chi connectivity index (χ1n) is 6.06. The molecule has 1 aromatic rings. The van der Waals surface area contributed by atoms with E-state index in [1.807, 2.05) is 0 Å². The van der Waals surface area contributed by atoms with Gasteiger partial charge in [-0.2, -0.15) is 0 Å². The quantitative estimate of drug-likeness (QED) is 0.815. The van der Waals surface area contributed by atoms with Crippen LogP contribution < -0.4 is 10.1 Å². The molecule has 2 rings (SSSR count). The number of halogens is 2. The molecular formula is C12H13BrClNO4S. The molecule has 1 aliphatic heterocycles. The zero-order chi connectivity index (χ0) is 14.8. The summed E-state index contributed by atoms with van der Waals surface area (Å²) < 4.78 is 29.3. The molecule has 1 aliphatic rings. The van der Waals surface area contributed by atoms with Gasteiger partial charge < -0.3 is 10.1 Å². The molecule has 1 N–H and O–H groups in total. The predicted octanol–water partition coefficient (Wildman–Crippen LogP) is 2.42. The summed E-state index contributed by atoms with van der Waals surface area (Å²) in [5.41, 5.74) is 0. The van der Waals surface area contributed by atoms with Crippen LogP contribution in [0.4, 0.5) is 0 Å². The maximum Gasteiger partial charge on any atom is 0.265 e.